The van der Waals surface area contributed by atoms with Crippen LogP contribution in [0.25, 0.3) is 0 Å². The van der Waals surface area contributed by atoms with Crippen LogP contribution < -0.4 is 21.9 Å². The summed E-state index contributed by atoms with van der Waals surface area (Å²) >= 11 is 0. The Balaban J connectivity index is 2.05. The Labute approximate surface area is 110 Å². The quantitative estimate of drug-likeness (QED) is 0.441. The van der Waals surface area contributed by atoms with E-state index in [1.54, 1.807) is 6.07 Å². The topological polar surface area (TPSA) is 109 Å². The molecule has 1 aromatic heterocycles. The third-order valence-electron chi connectivity index (χ3n) is 3.04. The van der Waals surface area contributed by atoms with E-state index in [2.05, 4.69) is 21.0 Å². The zero-order valence-electron chi connectivity index (χ0n) is 10.7. The second-order valence-corrected chi connectivity index (χ2v) is 4.53. The maximum absolute atomic E-state index is 12.1. The predicted octanol–water partition coefficient (Wildman–Crippen LogP) is -0.316. The molecule has 102 valence electrons. The summed E-state index contributed by atoms with van der Waals surface area (Å²) in [4.78, 5) is 27.3. The van der Waals surface area contributed by atoms with Crippen molar-refractivity contribution in [3.63, 3.8) is 0 Å². The number of nitrogens with two attached hydrogens (primary N) is 1. The number of piperidine rings is 1. The van der Waals surface area contributed by atoms with Crippen LogP contribution in [-0.4, -0.2) is 29.4 Å². The summed E-state index contributed by atoms with van der Waals surface area (Å²) in [6, 6.07) is 1.65. The summed E-state index contributed by atoms with van der Waals surface area (Å²) in [7, 11) is 0. The summed E-state index contributed by atoms with van der Waals surface area (Å²) in [5.74, 6) is 5.17. The lowest BCUT2D eigenvalue weighted by Crippen LogP contribution is -2.47. The lowest BCUT2D eigenvalue weighted by Gasteiger charge is -2.23. The molecule has 0 radical (unpaired) electrons. The van der Waals surface area contributed by atoms with E-state index in [9.17, 15) is 9.59 Å². The highest BCUT2D eigenvalue weighted by molar-refractivity contribution is 5.99. The normalized spacial score (nSPS) is 18.6. The largest absolute Gasteiger partial charge is 0.354 e. The van der Waals surface area contributed by atoms with Crippen molar-refractivity contribution >= 4 is 17.5 Å². The minimum atomic E-state index is -0.249. The molecule has 1 saturated heterocycles. The van der Waals surface area contributed by atoms with Crippen LogP contribution in [0, 0.1) is 6.92 Å². The molecule has 7 heteroatoms. The van der Waals surface area contributed by atoms with Crippen LogP contribution >= 0.6 is 0 Å². The number of amides is 2. The van der Waals surface area contributed by atoms with Crippen LogP contribution in [0.4, 0.5) is 5.69 Å². The van der Waals surface area contributed by atoms with E-state index < -0.39 is 0 Å². The van der Waals surface area contributed by atoms with Crippen LogP contribution in [-0.2, 0) is 4.79 Å². The predicted molar refractivity (Wildman–Crippen MR) is 70.3 cm³/mol. The molecular weight excluding hydrogens is 246 g/mol. The number of hydrogen-bond acceptors (Lipinski definition) is 5. The molecule has 1 aliphatic rings. The molecule has 0 aromatic carbocycles. The van der Waals surface area contributed by atoms with Gasteiger partial charge < -0.3 is 16.1 Å². The first kappa shape index (κ1) is 13.3. The van der Waals surface area contributed by atoms with Gasteiger partial charge in [-0.1, -0.05) is 0 Å². The van der Waals surface area contributed by atoms with Crippen molar-refractivity contribution < 1.29 is 9.59 Å². The lowest BCUT2D eigenvalue weighted by atomic mass is 10.1. The number of hydrogen-bond donors (Lipinski definition) is 4. The maximum atomic E-state index is 12.1. The zero-order chi connectivity index (χ0) is 13.8. The first-order chi connectivity index (χ1) is 9.10. The van der Waals surface area contributed by atoms with Crippen molar-refractivity contribution in [2.24, 2.45) is 5.84 Å². The fourth-order valence-electron chi connectivity index (χ4n) is 1.98. The number of nitrogens with zero attached hydrogens (tertiary/aromatic N) is 1. The molecule has 2 rings (SSSR count). The molecule has 1 fully saturated rings. The van der Waals surface area contributed by atoms with Crippen LogP contribution in [0.1, 0.15) is 28.9 Å². The van der Waals surface area contributed by atoms with Gasteiger partial charge in [0.25, 0.3) is 5.91 Å². The SMILES string of the molecule is Cc1cc(NN)c(C(=O)NC2CCC(=O)NC2)cn1. The van der Waals surface area contributed by atoms with Crippen LogP contribution in [0.5, 0.6) is 0 Å². The first-order valence-corrected chi connectivity index (χ1v) is 6.11. The monoisotopic (exact) mass is 263 g/mol. The molecular formula is C12H17N5O2. The lowest BCUT2D eigenvalue weighted by molar-refractivity contribution is -0.122. The number of nitrogens with one attached hydrogen (secondary N) is 3. The van der Waals surface area contributed by atoms with Gasteiger partial charge in [0, 0.05) is 30.9 Å². The number of carbonyl (C=O) groups excluding carboxylic acids is 2. The second-order valence-electron chi connectivity index (χ2n) is 4.53. The molecule has 5 N–H and O–H groups in total. The van der Waals surface area contributed by atoms with E-state index in [0.29, 0.717) is 30.6 Å². The Morgan fingerprint density at radius 3 is 3.00 bits per heavy atom. The Hall–Kier alpha value is -2.15. The van der Waals surface area contributed by atoms with Gasteiger partial charge in [-0.3, -0.25) is 20.4 Å². The minimum Gasteiger partial charge on any atom is -0.354 e. The number of carbonyl (C=O) groups is 2. The van der Waals surface area contributed by atoms with E-state index in [-0.39, 0.29) is 17.9 Å². The van der Waals surface area contributed by atoms with Crippen molar-refractivity contribution in [2.75, 3.05) is 12.0 Å². The highest BCUT2D eigenvalue weighted by Crippen LogP contribution is 2.15. The summed E-state index contributed by atoms with van der Waals surface area (Å²) in [6.07, 6.45) is 2.56. The number of hydrazine groups is 1. The third kappa shape index (κ3) is 3.19. The summed E-state index contributed by atoms with van der Waals surface area (Å²) in [5.41, 5.74) is 4.19. The van der Waals surface area contributed by atoms with E-state index in [1.165, 1.54) is 6.20 Å². The highest BCUT2D eigenvalue weighted by atomic mass is 16.2. The van der Waals surface area contributed by atoms with Crippen molar-refractivity contribution in [3.8, 4) is 0 Å². The number of nitrogen functional groups attached to an aromatic ring is 1. The molecule has 2 amide bonds. The molecule has 0 bridgehead atoms. The molecule has 2 heterocycles. The first-order valence-electron chi connectivity index (χ1n) is 6.11. The summed E-state index contributed by atoms with van der Waals surface area (Å²) in [6.45, 7) is 2.27. The van der Waals surface area contributed by atoms with Crippen molar-refractivity contribution in [1.82, 2.24) is 15.6 Å². The maximum Gasteiger partial charge on any atom is 0.255 e. The molecule has 1 aromatic rings. The third-order valence-corrected chi connectivity index (χ3v) is 3.04. The van der Waals surface area contributed by atoms with E-state index in [0.717, 1.165) is 5.69 Å². The Morgan fingerprint density at radius 1 is 1.58 bits per heavy atom. The molecule has 0 spiro atoms. The number of aromatic nitrogens is 1. The van der Waals surface area contributed by atoms with Gasteiger partial charge in [-0.05, 0) is 19.4 Å². The fourth-order valence-corrected chi connectivity index (χ4v) is 1.98. The fraction of sp³-hybridized carbons (Fsp3) is 0.417. The number of rotatable bonds is 3. The highest BCUT2D eigenvalue weighted by Gasteiger charge is 2.21. The molecule has 1 unspecified atom stereocenters. The zero-order valence-corrected chi connectivity index (χ0v) is 10.7. The molecule has 1 atom stereocenters. The molecule has 19 heavy (non-hydrogen) atoms. The van der Waals surface area contributed by atoms with Gasteiger partial charge in [-0.15, -0.1) is 0 Å². The van der Waals surface area contributed by atoms with Gasteiger partial charge in [0.05, 0.1) is 11.3 Å². The summed E-state index contributed by atoms with van der Waals surface area (Å²) in [5, 5.41) is 5.58. The number of aryl methyl sites for hydroxylation is 1. The van der Waals surface area contributed by atoms with Crippen molar-refractivity contribution in [1.29, 1.82) is 0 Å². The van der Waals surface area contributed by atoms with Crippen LogP contribution in [0.3, 0.4) is 0 Å². The van der Waals surface area contributed by atoms with Gasteiger partial charge in [0.2, 0.25) is 5.91 Å². The average Bonchev–Trinajstić information content (AvgIpc) is 2.41. The van der Waals surface area contributed by atoms with E-state index in [4.69, 9.17) is 5.84 Å². The van der Waals surface area contributed by atoms with Gasteiger partial charge in [-0.2, -0.15) is 0 Å². The number of pyridine rings is 1. The van der Waals surface area contributed by atoms with E-state index >= 15 is 0 Å². The number of anilines is 1. The molecule has 7 nitrogen and oxygen atoms in total. The van der Waals surface area contributed by atoms with Crippen molar-refractivity contribution in [2.45, 2.75) is 25.8 Å². The Morgan fingerprint density at radius 2 is 2.37 bits per heavy atom. The Bertz CT molecular complexity index is 493. The van der Waals surface area contributed by atoms with Crippen molar-refractivity contribution in [3.05, 3.63) is 23.5 Å². The van der Waals surface area contributed by atoms with Gasteiger partial charge >= 0.3 is 0 Å². The van der Waals surface area contributed by atoms with Gasteiger partial charge in [-0.25, -0.2) is 0 Å². The average molecular weight is 263 g/mol. The second kappa shape index (κ2) is 5.66. The van der Waals surface area contributed by atoms with Gasteiger partial charge in [0.1, 0.15) is 0 Å². The molecule has 1 aliphatic heterocycles. The standard InChI is InChI=1S/C12H17N5O2/c1-7-4-10(17-13)9(6-14-7)12(19)16-8-2-3-11(18)15-5-8/h4,6,8H,2-3,5,13H2,1H3,(H,14,17)(H,15,18)(H,16,19). The smallest absolute Gasteiger partial charge is 0.255 e. The van der Waals surface area contributed by atoms with E-state index in [1.807, 2.05) is 6.92 Å². The molecule has 0 aliphatic carbocycles. The minimum absolute atomic E-state index is 0.0202. The van der Waals surface area contributed by atoms with Gasteiger partial charge in [0.15, 0.2) is 0 Å². The van der Waals surface area contributed by atoms with Crippen LogP contribution in [0.15, 0.2) is 12.3 Å². The summed E-state index contributed by atoms with van der Waals surface area (Å²) < 4.78 is 0. The Kier molecular flexibility index (Phi) is 3.96. The molecule has 0 saturated carbocycles. The van der Waals surface area contributed by atoms with Crippen LogP contribution in [0.2, 0.25) is 0 Å².